The van der Waals surface area contributed by atoms with Gasteiger partial charge in [0.2, 0.25) is 5.91 Å². The first-order valence-electron chi connectivity index (χ1n) is 12.4. The molecule has 1 saturated heterocycles. The largest absolute Gasteiger partial charge is 0.481 e. The maximum absolute atomic E-state index is 14.4. The SMILES string of the molecule is CCC1(CC(=O)O)C[C@H](c2cccc(Cl)c2)C(c2ccc(Cl)cc2)N(C(C2CC2)C2CC2)C1=O. The fourth-order valence-corrected chi connectivity index (χ4v) is 6.52. The Morgan fingerprint density at radius 1 is 1.03 bits per heavy atom. The first kappa shape index (κ1) is 23.7. The average molecular weight is 500 g/mol. The lowest BCUT2D eigenvalue weighted by atomic mass is 9.64. The molecule has 3 fully saturated rings. The number of carbonyl (C=O) groups excluding carboxylic acids is 1. The van der Waals surface area contributed by atoms with Crippen molar-refractivity contribution in [1.82, 2.24) is 4.90 Å². The van der Waals surface area contributed by atoms with Crippen molar-refractivity contribution in [1.29, 1.82) is 0 Å². The van der Waals surface area contributed by atoms with E-state index in [9.17, 15) is 14.7 Å². The number of rotatable bonds is 8. The summed E-state index contributed by atoms with van der Waals surface area (Å²) >= 11 is 12.7. The Morgan fingerprint density at radius 2 is 1.68 bits per heavy atom. The van der Waals surface area contributed by atoms with Crippen LogP contribution in [0.4, 0.5) is 0 Å². The number of nitrogens with zero attached hydrogens (tertiary/aromatic N) is 1. The van der Waals surface area contributed by atoms with Crippen molar-refractivity contribution in [2.45, 2.75) is 69.9 Å². The van der Waals surface area contributed by atoms with Crippen LogP contribution in [-0.2, 0) is 9.59 Å². The third-order valence-electron chi connectivity index (χ3n) is 8.17. The maximum Gasteiger partial charge on any atom is 0.304 e. The zero-order chi connectivity index (χ0) is 24.0. The van der Waals surface area contributed by atoms with Crippen LogP contribution in [0.5, 0.6) is 0 Å². The van der Waals surface area contributed by atoms with Gasteiger partial charge in [0.15, 0.2) is 0 Å². The highest BCUT2D eigenvalue weighted by molar-refractivity contribution is 6.30. The van der Waals surface area contributed by atoms with Crippen LogP contribution in [0.1, 0.15) is 75.0 Å². The molecule has 2 unspecified atom stereocenters. The Bertz CT molecular complexity index is 1070. The molecule has 1 N–H and O–H groups in total. The first-order chi connectivity index (χ1) is 16.3. The molecular weight excluding hydrogens is 469 g/mol. The number of carboxylic acids is 1. The van der Waals surface area contributed by atoms with Gasteiger partial charge >= 0.3 is 5.97 Å². The highest BCUT2D eigenvalue weighted by atomic mass is 35.5. The van der Waals surface area contributed by atoms with Crippen molar-refractivity contribution in [2.75, 3.05) is 0 Å². The number of carboxylic acid groups (broad SMARTS) is 1. The Labute approximate surface area is 211 Å². The van der Waals surface area contributed by atoms with Crippen molar-refractivity contribution >= 4 is 35.1 Å². The molecule has 3 atom stereocenters. The molecule has 34 heavy (non-hydrogen) atoms. The molecule has 1 heterocycles. The van der Waals surface area contributed by atoms with Crippen LogP contribution in [-0.4, -0.2) is 27.9 Å². The molecule has 2 aromatic rings. The van der Waals surface area contributed by atoms with E-state index in [0.717, 1.165) is 36.8 Å². The second kappa shape index (κ2) is 9.20. The minimum Gasteiger partial charge on any atom is -0.481 e. The van der Waals surface area contributed by atoms with Gasteiger partial charge in [-0.2, -0.15) is 0 Å². The Morgan fingerprint density at radius 3 is 2.21 bits per heavy atom. The van der Waals surface area contributed by atoms with Gasteiger partial charge in [0.1, 0.15) is 0 Å². The highest BCUT2D eigenvalue weighted by Crippen LogP contribution is 2.58. The van der Waals surface area contributed by atoms with Crippen LogP contribution in [0.25, 0.3) is 0 Å². The number of aliphatic carboxylic acids is 1. The van der Waals surface area contributed by atoms with Crippen LogP contribution in [0.3, 0.4) is 0 Å². The molecule has 6 heteroatoms. The van der Waals surface area contributed by atoms with Gasteiger partial charge in [0, 0.05) is 22.0 Å². The summed E-state index contributed by atoms with van der Waals surface area (Å²) in [5.41, 5.74) is 1.18. The van der Waals surface area contributed by atoms with Gasteiger partial charge in [-0.3, -0.25) is 9.59 Å². The third-order valence-corrected chi connectivity index (χ3v) is 8.65. The number of carbonyl (C=O) groups is 2. The van der Waals surface area contributed by atoms with Crippen molar-refractivity contribution < 1.29 is 14.7 Å². The van der Waals surface area contributed by atoms with Gasteiger partial charge in [-0.15, -0.1) is 0 Å². The van der Waals surface area contributed by atoms with Crippen molar-refractivity contribution in [3.05, 3.63) is 69.7 Å². The fraction of sp³-hybridized carbons (Fsp3) is 0.500. The van der Waals surface area contributed by atoms with Gasteiger partial charge in [0.25, 0.3) is 0 Å². The van der Waals surface area contributed by atoms with Gasteiger partial charge in [-0.05, 0) is 85.8 Å². The quantitative estimate of drug-likeness (QED) is 0.420. The summed E-state index contributed by atoms with van der Waals surface area (Å²) in [6, 6.07) is 15.7. The minimum atomic E-state index is -0.927. The number of likely N-dealkylation sites (tertiary alicyclic amines) is 1. The lowest BCUT2D eigenvalue weighted by Gasteiger charge is -2.53. The van der Waals surface area contributed by atoms with E-state index in [1.54, 1.807) is 0 Å². The Balaban J connectivity index is 1.70. The normalized spacial score (nSPS) is 27.3. The van der Waals surface area contributed by atoms with Crippen molar-refractivity contribution in [2.24, 2.45) is 17.3 Å². The maximum atomic E-state index is 14.4. The molecule has 4 nitrogen and oxygen atoms in total. The average Bonchev–Trinajstić information content (AvgIpc) is 3.72. The molecule has 2 saturated carbocycles. The Kier molecular flexibility index (Phi) is 6.41. The number of piperidine rings is 1. The van der Waals surface area contributed by atoms with Crippen LogP contribution in [0.2, 0.25) is 10.0 Å². The monoisotopic (exact) mass is 499 g/mol. The zero-order valence-electron chi connectivity index (χ0n) is 19.4. The summed E-state index contributed by atoms with van der Waals surface area (Å²) in [4.78, 5) is 28.6. The molecule has 3 aliphatic rings. The summed E-state index contributed by atoms with van der Waals surface area (Å²) in [7, 11) is 0. The molecule has 5 rings (SSSR count). The topological polar surface area (TPSA) is 57.6 Å². The molecule has 1 amide bonds. The summed E-state index contributed by atoms with van der Waals surface area (Å²) in [6.45, 7) is 1.96. The Hall–Kier alpha value is -2.04. The standard InChI is InChI=1S/C28H31Cl2NO3/c1-2-28(16-24(32)33)15-23(20-4-3-5-22(30)14-20)26(19-10-12-21(29)13-11-19)31(27(28)34)25(17-6-7-17)18-8-9-18/h3-5,10-14,17-18,23,25-26H,2,6-9,15-16H2,1H3,(H,32,33)/t23-,26?,28?/m1/s1. The van der Waals surface area contributed by atoms with Gasteiger partial charge in [0.05, 0.1) is 17.9 Å². The lowest BCUT2D eigenvalue weighted by Crippen LogP contribution is -2.58. The van der Waals surface area contributed by atoms with E-state index in [2.05, 4.69) is 11.0 Å². The number of benzene rings is 2. The summed E-state index contributed by atoms with van der Waals surface area (Å²) in [6.07, 6.45) is 5.39. The predicted octanol–water partition coefficient (Wildman–Crippen LogP) is 7.11. The van der Waals surface area contributed by atoms with E-state index in [1.165, 1.54) is 0 Å². The van der Waals surface area contributed by atoms with Crippen LogP contribution < -0.4 is 0 Å². The second-order valence-electron chi connectivity index (χ2n) is 10.4. The number of halogens is 2. The van der Waals surface area contributed by atoms with E-state index in [4.69, 9.17) is 23.2 Å². The summed E-state index contributed by atoms with van der Waals surface area (Å²) in [5, 5.41) is 11.2. The smallest absolute Gasteiger partial charge is 0.304 e. The van der Waals surface area contributed by atoms with E-state index in [-0.39, 0.29) is 30.3 Å². The zero-order valence-corrected chi connectivity index (χ0v) is 20.9. The first-order valence-corrected chi connectivity index (χ1v) is 13.1. The highest BCUT2D eigenvalue weighted by Gasteiger charge is 2.58. The van der Waals surface area contributed by atoms with E-state index < -0.39 is 11.4 Å². The molecule has 0 spiro atoms. The summed E-state index contributed by atoms with van der Waals surface area (Å²) < 4.78 is 0. The third kappa shape index (κ3) is 4.47. The number of hydrogen-bond donors (Lipinski definition) is 1. The molecule has 2 aliphatic carbocycles. The molecule has 1 aliphatic heterocycles. The molecule has 0 aromatic heterocycles. The van der Waals surface area contributed by atoms with Gasteiger partial charge < -0.3 is 10.0 Å². The van der Waals surface area contributed by atoms with E-state index in [1.807, 2.05) is 49.4 Å². The van der Waals surface area contributed by atoms with E-state index >= 15 is 0 Å². The van der Waals surface area contributed by atoms with Crippen molar-refractivity contribution in [3.63, 3.8) is 0 Å². The second-order valence-corrected chi connectivity index (χ2v) is 11.3. The fourth-order valence-electron chi connectivity index (χ4n) is 6.20. The molecule has 0 bridgehead atoms. The van der Waals surface area contributed by atoms with Gasteiger partial charge in [-0.25, -0.2) is 0 Å². The number of amides is 1. The molecule has 0 radical (unpaired) electrons. The minimum absolute atomic E-state index is 0.0134. The van der Waals surface area contributed by atoms with Crippen molar-refractivity contribution in [3.8, 4) is 0 Å². The predicted molar refractivity (Wildman–Crippen MR) is 134 cm³/mol. The van der Waals surface area contributed by atoms with Crippen LogP contribution in [0.15, 0.2) is 48.5 Å². The summed E-state index contributed by atoms with van der Waals surface area (Å²) in [5.74, 6) is 0.0446. The molecular formula is C28H31Cl2NO3. The lowest BCUT2D eigenvalue weighted by molar-refractivity contribution is -0.163. The van der Waals surface area contributed by atoms with Crippen LogP contribution in [0, 0.1) is 17.3 Å². The van der Waals surface area contributed by atoms with Gasteiger partial charge in [-0.1, -0.05) is 54.4 Å². The van der Waals surface area contributed by atoms with E-state index in [0.29, 0.717) is 34.7 Å². The molecule has 180 valence electrons. The van der Waals surface area contributed by atoms with Crippen LogP contribution >= 0.6 is 23.2 Å². The number of hydrogen-bond acceptors (Lipinski definition) is 2. The molecule has 2 aromatic carbocycles.